The first-order valence-electron chi connectivity index (χ1n) is 8.47. The molecule has 1 aliphatic heterocycles. The molecule has 0 spiro atoms. The summed E-state index contributed by atoms with van der Waals surface area (Å²) in [6.45, 7) is 1.83. The van der Waals surface area contributed by atoms with Gasteiger partial charge in [0.1, 0.15) is 16.6 Å². The summed E-state index contributed by atoms with van der Waals surface area (Å²) in [7, 11) is 1.67. The molecule has 0 atom stereocenters. The lowest BCUT2D eigenvalue weighted by Crippen LogP contribution is -2.45. The molecule has 5 rings (SSSR count). The van der Waals surface area contributed by atoms with Gasteiger partial charge in [0.15, 0.2) is 0 Å². The lowest BCUT2D eigenvalue weighted by atomic mass is 10.0. The molecule has 0 saturated carbocycles. The monoisotopic (exact) mass is 363 g/mol. The Balaban J connectivity index is 1.29. The van der Waals surface area contributed by atoms with Crippen molar-refractivity contribution in [2.45, 2.75) is 5.92 Å². The van der Waals surface area contributed by atoms with Crippen molar-refractivity contribution in [3.63, 3.8) is 0 Å². The molecule has 4 aromatic rings. The number of anilines is 1. The van der Waals surface area contributed by atoms with Crippen LogP contribution < -0.4 is 9.64 Å². The molecule has 3 heterocycles. The zero-order valence-corrected chi connectivity index (χ0v) is 15.0. The van der Waals surface area contributed by atoms with Gasteiger partial charge in [-0.3, -0.25) is 0 Å². The molecule has 0 amide bonds. The second kappa shape index (κ2) is 6.10. The minimum Gasteiger partial charge on any atom is -0.497 e. The molecule has 1 aliphatic rings. The summed E-state index contributed by atoms with van der Waals surface area (Å²) in [4.78, 5) is 10.4. The normalized spacial score (nSPS) is 14.6. The first-order chi connectivity index (χ1) is 12.8. The summed E-state index contributed by atoms with van der Waals surface area (Å²) >= 11 is 1.62. The van der Waals surface area contributed by atoms with Gasteiger partial charge in [-0.05, 0) is 36.4 Å². The van der Waals surface area contributed by atoms with E-state index in [-0.39, 0.29) is 0 Å². The molecule has 1 saturated heterocycles. The standard InChI is InChI=1S/C19H17N5OS/c1-25-14-8-6-12(7-9-14)18-22-23-19(26-18)24-10-13(11-24)17-20-15-4-2-3-5-16(15)21-17/h2-9,13H,10-11H2,1H3,(H,20,21). The molecule has 0 bridgehead atoms. The molecule has 26 heavy (non-hydrogen) atoms. The van der Waals surface area contributed by atoms with E-state index >= 15 is 0 Å². The van der Waals surface area contributed by atoms with E-state index in [2.05, 4.69) is 26.1 Å². The third kappa shape index (κ3) is 2.61. The number of nitrogens with zero attached hydrogens (tertiary/aromatic N) is 4. The number of benzene rings is 2. The zero-order valence-electron chi connectivity index (χ0n) is 14.2. The van der Waals surface area contributed by atoms with Gasteiger partial charge < -0.3 is 14.6 Å². The number of para-hydroxylation sites is 2. The molecule has 1 N–H and O–H groups in total. The number of aromatic amines is 1. The van der Waals surface area contributed by atoms with E-state index in [0.29, 0.717) is 5.92 Å². The quantitative estimate of drug-likeness (QED) is 0.599. The van der Waals surface area contributed by atoms with E-state index in [1.165, 1.54) is 0 Å². The number of nitrogens with one attached hydrogen (secondary N) is 1. The topological polar surface area (TPSA) is 66.9 Å². The summed E-state index contributed by atoms with van der Waals surface area (Å²) in [5, 5.41) is 10.6. The minimum absolute atomic E-state index is 0.413. The van der Waals surface area contributed by atoms with Gasteiger partial charge in [0.25, 0.3) is 0 Å². The lowest BCUT2D eigenvalue weighted by Gasteiger charge is -2.37. The maximum absolute atomic E-state index is 5.20. The second-order valence-corrected chi connectivity index (χ2v) is 7.32. The first kappa shape index (κ1) is 15.3. The number of hydrogen-bond donors (Lipinski definition) is 1. The number of aromatic nitrogens is 4. The van der Waals surface area contributed by atoms with Gasteiger partial charge in [0, 0.05) is 18.7 Å². The fraction of sp³-hybridized carbons (Fsp3) is 0.211. The highest BCUT2D eigenvalue weighted by atomic mass is 32.1. The molecule has 0 unspecified atom stereocenters. The van der Waals surface area contributed by atoms with Crippen LogP contribution in [0.4, 0.5) is 5.13 Å². The third-order valence-electron chi connectivity index (χ3n) is 4.70. The summed E-state index contributed by atoms with van der Waals surface area (Å²) in [5.74, 6) is 2.31. The predicted octanol–water partition coefficient (Wildman–Crippen LogP) is 3.69. The minimum atomic E-state index is 0.413. The number of rotatable bonds is 4. The number of imidazole rings is 1. The average Bonchev–Trinajstić information content (AvgIpc) is 3.28. The van der Waals surface area contributed by atoms with E-state index < -0.39 is 0 Å². The van der Waals surface area contributed by atoms with E-state index in [1.807, 2.05) is 42.5 Å². The molecule has 1 fully saturated rings. The van der Waals surface area contributed by atoms with Crippen molar-refractivity contribution >= 4 is 27.5 Å². The summed E-state index contributed by atoms with van der Waals surface area (Å²) < 4.78 is 5.20. The van der Waals surface area contributed by atoms with Gasteiger partial charge in [0.2, 0.25) is 5.13 Å². The van der Waals surface area contributed by atoms with Gasteiger partial charge in [0.05, 0.1) is 24.1 Å². The second-order valence-electron chi connectivity index (χ2n) is 6.36. The van der Waals surface area contributed by atoms with Crippen LogP contribution in [-0.2, 0) is 0 Å². The average molecular weight is 363 g/mol. The Kier molecular flexibility index (Phi) is 3.60. The van der Waals surface area contributed by atoms with Crippen LogP contribution in [-0.4, -0.2) is 40.4 Å². The Hall–Kier alpha value is -2.93. The van der Waals surface area contributed by atoms with Crippen LogP contribution in [0, 0.1) is 0 Å². The van der Waals surface area contributed by atoms with Crippen molar-refractivity contribution in [3.05, 3.63) is 54.4 Å². The van der Waals surface area contributed by atoms with Crippen molar-refractivity contribution in [3.8, 4) is 16.3 Å². The fourth-order valence-electron chi connectivity index (χ4n) is 3.17. The van der Waals surface area contributed by atoms with Crippen LogP contribution in [0.1, 0.15) is 11.7 Å². The van der Waals surface area contributed by atoms with Gasteiger partial charge >= 0.3 is 0 Å². The molecular weight excluding hydrogens is 346 g/mol. The van der Waals surface area contributed by atoms with E-state index in [1.54, 1.807) is 18.4 Å². The highest BCUT2D eigenvalue weighted by Crippen LogP contribution is 2.35. The molecule has 0 radical (unpaired) electrons. The maximum Gasteiger partial charge on any atom is 0.208 e. The SMILES string of the molecule is COc1ccc(-c2nnc(N3CC(c4nc5ccccc5[nH]4)C3)s2)cc1. The van der Waals surface area contributed by atoms with Crippen LogP contribution in [0.2, 0.25) is 0 Å². The fourth-order valence-corrected chi connectivity index (χ4v) is 4.04. The summed E-state index contributed by atoms with van der Waals surface area (Å²) in [6, 6.07) is 16.1. The van der Waals surface area contributed by atoms with Crippen LogP contribution >= 0.6 is 11.3 Å². The Morgan fingerprint density at radius 3 is 2.65 bits per heavy atom. The van der Waals surface area contributed by atoms with Gasteiger partial charge in [-0.2, -0.15) is 0 Å². The maximum atomic E-state index is 5.20. The van der Waals surface area contributed by atoms with E-state index in [0.717, 1.165) is 51.4 Å². The van der Waals surface area contributed by atoms with Crippen molar-refractivity contribution in [2.75, 3.05) is 25.1 Å². The lowest BCUT2D eigenvalue weighted by molar-refractivity contribution is 0.415. The van der Waals surface area contributed by atoms with Crippen molar-refractivity contribution in [1.29, 1.82) is 0 Å². The van der Waals surface area contributed by atoms with Crippen LogP contribution in [0.25, 0.3) is 21.6 Å². The number of H-pyrrole nitrogens is 1. The first-order valence-corrected chi connectivity index (χ1v) is 9.29. The van der Waals surface area contributed by atoms with Crippen LogP contribution in [0.5, 0.6) is 5.75 Å². The Bertz CT molecular complexity index is 1020. The number of fused-ring (bicyclic) bond motifs is 1. The predicted molar refractivity (Wildman–Crippen MR) is 103 cm³/mol. The summed E-state index contributed by atoms with van der Waals surface area (Å²) in [6.07, 6.45) is 0. The van der Waals surface area contributed by atoms with Crippen molar-refractivity contribution in [2.24, 2.45) is 0 Å². The molecule has 0 aliphatic carbocycles. The molecule has 7 heteroatoms. The van der Waals surface area contributed by atoms with E-state index in [9.17, 15) is 0 Å². The molecule has 130 valence electrons. The Morgan fingerprint density at radius 1 is 1.08 bits per heavy atom. The highest BCUT2D eigenvalue weighted by molar-refractivity contribution is 7.18. The number of hydrogen-bond acceptors (Lipinski definition) is 6. The molecule has 2 aromatic carbocycles. The molecule has 6 nitrogen and oxygen atoms in total. The summed E-state index contributed by atoms with van der Waals surface area (Å²) in [5.41, 5.74) is 3.18. The Morgan fingerprint density at radius 2 is 1.88 bits per heavy atom. The zero-order chi connectivity index (χ0) is 17.5. The van der Waals surface area contributed by atoms with Crippen LogP contribution in [0.3, 0.4) is 0 Å². The van der Waals surface area contributed by atoms with Gasteiger partial charge in [-0.25, -0.2) is 4.98 Å². The molecule has 2 aromatic heterocycles. The highest BCUT2D eigenvalue weighted by Gasteiger charge is 2.32. The van der Waals surface area contributed by atoms with Crippen LogP contribution in [0.15, 0.2) is 48.5 Å². The van der Waals surface area contributed by atoms with Gasteiger partial charge in [-0.1, -0.05) is 23.5 Å². The van der Waals surface area contributed by atoms with Gasteiger partial charge in [-0.15, -0.1) is 10.2 Å². The Labute approximate surface area is 154 Å². The molecular formula is C19H17N5OS. The smallest absolute Gasteiger partial charge is 0.208 e. The largest absolute Gasteiger partial charge is 0.497 e. The third-order valence-corrected chi connectivity index (χ3v) is 5.73. The van der Waals surface area contributed by atoms with E-state index in [4.69, 9.17) is 9.72 Å². The van der Waals surface area contributed by atoms with Crippen molar-refractivity contribution in [1.82, 2.24) is 20.2 Å². The van der Waals surface area contributed by atoms with Crippen molar-refractivity contribution < 1.29 is 4.74 Å². The number of ether oxygens (including phenoxy) is 1. The number of methoxy groups -OCH3 is 1.